The van der Waals surface area contributed by atoms with E-state index in [-0.39, 0.29) is 0 Å². The first-order chi connectivity index (χ1) is 6.66. The van der Waals surface area contributed by atoms with E-state index >= 15 is 0 Å². The van der Waals surface area contributed by atoms with Crippen molar-refractivity contribution in [3.05, 3.63) is 0 Å². The SMILES string of the molecule is BOCCCCC.CC(C)(O)C(C)(C)O. The van der Waals surface area contributed by atoms with Gasteiger partial charge in [0.1, 0.15) is 0 Å². The zero-order chi connectivity index (χ0) is 12.5. The van der Waals surface area contributed by atoms with Crippen LogP contribution in [0.5, 0.6) is 0 Å². The lowest BCUT2D eigenvalue weighted by Gasteiger charge is -2.31. The van der Waals surface area contributed by atoms with Crippen molar-refractivity contribution < 1.29 is 14.9 Å². The van der Waals surface area contributed by atoms with Crippen molar-refractivity contribution in [3.8, 4) is 0 Å². The van der Waals surface area contributed by atoms with Crippen LogP contribution >= 0.6 is 0 Å². The maximum atomic E-state index is 9.10. The normalized spacial score (nSPS) is 11.9. The van der Waals surface area contributed by atoms with Crippen LogP contribution < -0.4 is 0 Å². The van der Waals surface area contributed by atoms with E-state index in [2.05, 4.69) is 6.92 Å². The molecule has 0 heterocycles. The highest BCUT2D eigenvalue weighted by molar-refractivity contribution is 5.97. The van der Waals surface area contributed by atoms with Gasteiger partial charge in [-0.1, -0.05) is 19.8 Å². The fourth-order valence-corrected chi connectivity index (χ4v) is 0.496. The van der Waals surface area contributed by atoms with Gasteiger partial charge in [0.15, 0.2) is 0 Å². The van der Waals surface area contributed by atoms with Gasteiger partial charge in [0.25, 0.3) is 8.05 Å². The Morgan fingerprint density at radius 1 is 1.00 bits per heavy atom. The molecule has 0 aliphatic carbocycles. The molecule has 0 fully saturated rings. The van der Waals surface area contributed by atoms with Crippen molar-refractivity contribution in [2.24, 2.45) is 0 Å². The molecular weight excluding hydrogens is 191 g/mol. The minimum absolute atomic E-state index is 0.924. The van der Waals surface area contributed by atoms with Crippen LogP contribution in [0, 0.1) is 0 Å². The van der Waals surface area contributed by atoms with Crippen molar-refractivity contribution in [2.45, 2.75) is 65.1 Å². The minimum atomic E-state index is -1.01. The van der Waals surface area contributed by atoms with E-state index < -0.39 is 11.2 Å². The molecule has 0 bridgehead atoms. The molecule has 0 rings (SSSR count). The lowest BCUT2D eigenvalue weighted by Crippen LogP contribution is -2.44. The second-order valence-corrected chi connectivity index (χ2v) is 4.82. The molecule has 2 N–H and O–H groups in total. The summed E-state index contributed by atoms with van der Waals surface area (Å²) in [6.45, 7) is 9.42. The van der Waals surface area contributed by atoms with Crippen molar-refractivity contribution in [1.29, 1.82) is 0 Å². The maximum Gasteiger partial charge on any atom is 0.257 e. The smallest absolute Gasteiger partial charge is 0.257 e. The van der Waals surface area contributed by atoms with Gasteiger partial charge < -0.3 is 14.9 Å². The average Bonchev–Trinajstić information content (AvgIpc) is 2.03. The van der Waals surface area contributed by atoms with Gasteiger partial charge in [0.05, 0.1) is 11.2 Å². The first-order valence-electron chi connectivity index (χ1n) is 5.60. The van der Waals surface area contributed by atoms with E-state index in [1.54, 1.807) is 35.7 Å². The molecule has 0 aromatic heterocycles. The second-order valence-electron chi connectivity index (χ2n) is 4.82. The molecule has 0 unspecified atom stereocenters. The third-order valence-corrected chi connectivity index (χ3v) is 2.45. The number of rotatable bonds is 5. The topological polar surface area (TPSA) is 49.7 Å². The zero-order valence-electron chi connectivity index (χ0n) is 11.1. The molecule has 0 atom stereocenters. The van der Waals surface area contributed by atoms with E-state index in [1.807, 2.05) is 0 Å². The second kappa shape index (κ2) is 8.14. The monoisotopic (exact) mass is 218 g/mol. The Hall–Kier alpha value is -0.0551. The molecule has 0 aliphatic heterocycles. The highest BCUT2D eigenvalue weighted by Gasteiger charge is 2.31. The molecule has 0 saturated heterocycles. The van der Waals surface area contributed by atoms with Crippen LogP contribution in [-0.2, 0) is 4.65 Å². The predicted molar refractivity (Wildman–Crippen MR) is 66.6 cm³/mol. The quantitative estimate of drug-likeness (QED) is 0.539. The number of hydrogen-bond donors (Lipinski definition) is 2. The molecule has 0 saturated carbocycles. The van der Waals surface area contributed by atoms with Crippen LogP contribution in [0.2, 0.25) is 0 Å². The lowest BCUT2D eigenvalue weighted by molar-refractivity contribution is -0.107. The Morgan fingerprint density at radius 3 is 1.60 bits per heavy atom. The predicted octanol–water partition coefficient (Wildman–Crippen LogP) is 1.27. The molecule has 0 aromatic rings. The van der Waals surface area contributed by atoms with Crippen LogP contribution in [0.25, 0.3) is 0 Å². The van der Waals surface area contributed by atoms with Gasteiger partial charge in [-0.25, -0.2) is 0 Å². The Kier molecular flexibility index (Phi) is 9.41. The summed E-state index contributed by atoms with van der Waals surface area (Å²) in [6, 6.07) is 0. The number of unbranched alkanes of at least 4 members (excludes halogenated alkanes) is 2. The van der Waals surface area contributed by atoms with Crippen molar-refractivity contribution >= 4 is 8.05 Å². The first kappa shape index (κ1) is 17.3. The zero-order valence-corrected chi connectivity index (χ0v) is 11.1. The molecule has 0 radical (unpaired) electrons. The van der Waals surface area contributed by atoms with Gasteiger partial charge in [0, 0.05) is 6.61 Å². The fourth-order valence-electron chi connectivity index (χ4n) is 0.496. The largest absolute Gasteiger partial charge is 0.444 e. The van der Waals surface area contributed by atoms with Gasteiger partial charge >= 0.3 is 0 Å². The molecular formula is C11H27BO3. The Morgan fingerprint density at radius 2 is 1.40 bits per heavy atom. The van der Waals surface area contributed by atoms with Crippen LogP contribution in [0.3, 0.4) is 0 Å². The van der Waals surface area contributed by atoms with Gasteiger partial charge in [-0.15, -0.1) is 0 Å². The van der Waals surface area contributed by atoms with Crippen LogP contribution in [0.1, 0.15) is 53.9 Å². The van der Waals surface area contributed by atoms with Crippen LogP contribution in [0.4, 0.5) is 0 Å². The summed E-state index contributed by atoms with van der Waals surface area (Å²) < 4.78 is 4.84. The van der Waals surface area contributed by atoms with Gasteiger partial charge in [-0.05, 0) is 34.1 Å². The first-order valence-corrected chi connectivity index (χ1v) is 5.60. The number of aliphatic hydroxyl groups is 2. The van der Waals surface area contributed by atoms with Gasteiger partial charge in [0.2, 0.25) is 0 Å². The summed E-state index contributed by atoms with van der Waals surface area (Å²) in [5, 5.41) is 18.2. The molecule has 0 aromatic carbocycles. The summed E-state index contributed by atoms with van der Waals surface area (Å²) in [5.41, 5.74) is -2.01. The standard InChI is InChI=1S/C6H14O2.C5H13BO/c1-5(2,7)6(3,4)8;1-2-3-4-5-7-6/h7-8H,1-4H3;2-6H2,1H3. The van der Waals surface area contributed by atoms with Crippen molar-refractivity contribution in [3.63, 3.8) is 0 Å². The minimum Gasteiger partial charge on any atom is -0.444 e. The highest BCUT2D eigenvalue weighted by Crippen LogP contribution is 2.19. The molecule has 15 heavy (non-hydrogen) atoms. The van der Waals surface area contributed by atoms with E-state index in [1.165, 1.54) is 19.3 Å². The number of hydrogen-bond acceptors (Lipinski definition) is 3. The van der Waals surface area contributed by atoms with Gasteiger partial charge in [-0.2, -0.15) is 0 Å². The third kappa shape index (κ3) is 11.9. The Labute approximate surface area is 95.3 Å². The molecule has 0 aliphatic rings. The third-order valence-electron chi connectivity index (χ3n) is 2.45. The highest BCUT2D eigenvalue weighted by atomic mass is 16.4. The molecule has 0 spiro atoms. The van der Waals surface area contributed by atoms with E-state index in [0.29, 0.717) is 0 Å². The Bertz CT molecular complexity index is 120. The fraction of sp³-hybridized carbons (Fsp3) is 1.00. The van der Waals surface area contributed by atoms with E-state index in [4.69, 9.17) is 14.9 Å². The molecule has 3 nitrogen and oxygen atoms in total. The van der Waals surface area contributed by atoms with E-state index in [9.17, 15) is 0 Å². The van der Waals surface area contributed by atoms with Crippen molar-refractivity contribution in [2.75, 3.05) is 6.61 Å². The molecule has 92 valence electrons. The van der Waals surface area contributed by atoms with Gasteiger partial charge in [-0.3, -0.25) is 0 Å². The molecule has 0 amide bonds. The Balaban J connectivity index is 0. The van der Waals surface area contributed by atoms with Crippen LogP contribution in [0.15, 0.2) is 0 Å². The lowest BCUT2D eigenvalue weighted by atomic mass is 9.90. The van der Waals surface area contributed by atoms with Crippen molar-refractivity contribution in [1.82, 2.24) is 0 Å². The van der Waals surface area contributed by atoms with E-state index in [0.717, 1.165) is 6.61 Å². The maximum absolute atomic E-state index is 9.10. The molecule has 4 heteroatoms. The average molecular weight is 218 g/mol. The van der Waals surface area contributed by atoms with Crippen LogP contribution in [-0.4, -0.2) is 36.1 Å². The summed E-state index contributed by atoms with van der Waals surface area (Å²) in [6.07, 6.45) is 3.80. The summed E-state index contributed by atoms with van der Waals surface area (Å²) in [4.78, 5) is 0. The summed E-state index contributed by atoms with van der Waals surface area (Å²) in [5.74, 6) is 0. The summed E-state index contributed by atoms with van der Waals surface area (Å²) in [7, 11) is 1.75. The summed E-state index contributed by atoms with van der Waals surface area (Å²) >= 11 is 0.